The Morgan fingerprint density at radius 2 is 1.94 bits per heavy atom. The van der Waals surface area contributed by atoms with Crippen molar-refractivity contribution in [1.82, 2.24) is 0 Å². The van der Waals surface area contributed by atoms with E-state index in [9.17, 15) is 0 Å². The van der Waals surface area contributed by atoms with Crippen molar-refractivity contribution in [3.8, 4) is 0 Å². The van der Waals surface area contributed by atoms with E-state index in [1.165, 1.54) is 4.90 Å². The van der Waals surface area contributed by atoms with Gasteiger partial charge in [-0.2, -0.15) is 0 Å². The van der Waals surface area contributed by atoms with E-state index in [4.69, 9.17) is 21.1 Å². The van der Waals surface area contributed by atoms with E-state index < -0.39 is 0 Å². The summed E-state index contributed by atoms with van der Waals surface area (Å²) in [6, 6.07) is 7.89. The van der Waals surface area contributed by atoms with Gasteiger partial charge >= 0.3 is 0 Å². The molecule has 1 rings (SSSR count). The molecule has 1 aromatic carbocycles. The van der Waals surface area contributed by atoms with Crippen molar-refractivity contribution in [2.24, 2.45) is 0 Å². The summed E-state index contributed by atoms with van der Waals surface area (Å²) in [5.41, 5.74) is 0. The summed E-state index contributed by atoms with van der Waals surface area (Å²) in [6.07, 6.45) is 0.801. The Hall–Kier alpha value is -0.220. The average Bonchev–Trinajstić information content (AvgIpc) is 2.30. The van der Waals surface area contributed by atoms with Crippen LogP contribution in [0.5, 0.6) is 0 Å². The van der Waals surface area contributed by atoms with Crippen LogP contribution >= 0.6 is 23.4 Å². The van der Waals surface area contributed by atoms with Crippen LogP contribution in [0, 0.1) is 0 Å². The molecule has 0 N–H and O–H groups in total. The summed E-state index contributed by atoms with van der Waals surface area (Å²) in [4.78, 5) is 1.18. The van der Waals surface area contributed by atoms with Crippen molar-refractivity contribution in [2.45, 2.75) is 31.5 Å². The van der Waals surface area contributed by atoms with Crippen molar-refractivity contribution in [3.05, 3.63) is 29.3 Å². The maximum absolute atomic E-state index is 5.92. The zero-order valence-corrected chi connectivity index (χ0v) is 11.9. The summed E-state index contributed by atoms with van der Waals surface area (Å²) in [5, 5.41) is 0.779. The van der Waals surface area contributed by atoms with E-state index in [2.05, 4.69) is 6.07 Å². The topological polar surface area (TPSA) is 18.5 Å². The molecule has 0 heterocycles. The minimum atomic E-state index is -0.0864. The van der Waals surface area contributed by atoms with Crippen LogP contribution in [-0.4, -0.2) is 25.3 Å². The molecule has 2 nitrogen and oxygen atoms in total. The standard InChI is InChI=1S/C13H19ClO2S/c1-3-15-13(16-4-2)8-9-17-12-7-5-6-11(14)10-12/h5-7,10,13H,3-4,8-9H2,1-2H3. The highest BCUT2D eigenvalue weighted by Gasteiger charge is 2.07. The van der Waals surface area contributed by atoms with Gasteiger partial charge in [-0.05, 0) is 32.0 Å². The predicted molar refractivity (Wildman–Crippen MR) is 73.8 cm³/mol. The van der Waals surface area contributed by atoms with E-state index in [1.54, 1.807) is 11.8 Å². The second kappa shape index (κ2) is 8.81. The van der Waals surface area contributed by atoms with E-state index in [0.29, 0.717) is 13.2 Å². The third-order valence-corrected chi connectivity index (χ3v) is 3.39. The fourth-order valence-corrected chi connectivity index (χ4v) is 2.60. The highest BCUT2D eigenvalue weighted by atomic mass is 35.5. The summed E-state index contributed by atoms with van der Waals surface area (Å²) in [7, 11) is 0. The largest absolute Gasteiger partial charge is 0.353 e. The Bertz CT molecular complexity index is 314. The van der Waals surface area contributed by atoms with E-state index in [-0.39, 0.29) is 6.29 Å². The number of hydrogen-bond donors (Lipinski definition) is 0. The van der Waals surface area contributed by atoms with Gasteiger partial charge in [0.05, 0.1) is 0 Å². The van der Waals surface area contributed by atoms with Crippen molar-refractivity contribution in [1.29, 1.82) is 0 Å². The molecule has 0 amide bonds. The molecular weight excluding hydrogens is 256 g/mol. The van der Waals surface area contributed by atoms with Crippen LogP contribution in [0.3, 0.4) is 0 Å². The number of ether oxygens (including phenoxy) is 2. The molecule has 17 heavy (non-hydrogen) atoms. The van der Waals surface area contributed by atoms with Gasteiger partial charge in [0.15, 0.2) is 6.29 Å². The molecule has 0 spiro atoms. The molecule has 0 saturated heterocycles. The second-order valence-corrected chi connectivity index (χ2v) is 5.04. The lowest BCUT2D eigenvalue weighted by molar-refractivity contribution is -0.136. The smallest absolute Gasteiger partial charge is 0.158 e. The van der Waals surface area contributed by atoms with Gasteiger partial charge in [-0.15, -0.1) is 11.8 Å². The van der Waals surface area contributed by atoms with Crippen LogP contribution in [0.4, 0.5) is 0 Å². The molecule has 0 aliphatic heterocycles. The monoisotopic (exact) mass is 274 g/mol. The predicted octanol–water partition coefficient (Wildman–Crippen LogP) is 4.22. The van der Waals surface area contributed by atoms with Crippen molar-refractivity contribution in [2.75, 3.05) is 19.0 Å². The first kappa shape index (κ1) is 14.8. The molecular formula is C13H19ClO2S. The first-order chi connectivity index (χ1) is 8.26. The quantitative estimate of drug-likeness (QED) is 0.522. The van der Waals surface area contributed by atoms with Gasteiger partial charge in [0, 0.05) is 35.3 Å². The van der Waals surface area contributed by atoms with E-state index in [1.807, 2.05) is 32.0 Å². The van der Waals surface area contributed by atoms with Gasteiger partial charge in [0.1, 0.15) is 0 Å². The number of rotatable bonds is 8. The molecule has 0 atom stereocenters. The van der Waals surface area contributed by atoms with Crippen LogP contribution in [0.25, 0.3) is 0 Å². The minimum Gasteiger partial charge on any atom is -0.353 e. The normalized spacial score (nSPS) is 11.1. The van der Waals surface area contributed by atoms with Crippen LogP contribution < -0.4 is 0 Å². The van der Waals surface area contributed by atoms with E-state index in [0.717, 1.165) is 17.2 Å². The molecule has 1 aromatic rings. The molecule has 0 fully saturated rings. The summed E-state index contributed by atoms with van der Waals surface area (Å²) < 4.78 is 11.0. The Morgan fingerprint density at radius 3 is 2.53 bits per heavy atom. The summed E-state index contributed by atoms with van der Waals surface area (Å²) in [6.45, 7) is 5.34. The number of benzene rings is 1. The average molecular weight is 275 g/mol. The first-order valence-electron chi connectivity index (χ1n) is 5.87. The highest BCUT2D eigenvalue weighted by Crippen LogP contribution is 2.23. The van der Waals surface area contributed by atoms with Gasteiger partial charge in [0.2, 0.25) is 0 Å². The van der Waals surface area contributed by atoms with Crippen LogP contribution in [0.1, 0.15) is 20.3 Å². The number of halogens is 1. The highest BCUT2D eigenvalue weighted by molar-refractivity contribution is 7.99. The van der Waals surface area contributed by atoms with E-state index >= 15 is 0 Å². The third-order valence-electron chi connectivity index (χ3n) is 2.12. The second-order valence-electron chi connectivity index (χ2n) is 3.43. The molecule has 4 heteroatoms. The lowest BCUT2D eigenvalue weighted by Gasteiger charge is -2.16. The fourth-order valence-electron chi connectivity index (χ4n) is 1.42. The number of thioether (sulfide) groups is 1. The lowest BCUT2D eigenvalue weighted by Crippen LogP contribution is -2.18. The molecule has 0 aliphatic carbocycles. The van der Waals surface area contributed by atoms with Gasteiger partial charge in [-0.3, -0.25) is 0 Å². The molecule has 0 unspecified atom stereocenters. The molecule has 96 valence electrons. The first-order valence-corrected chi connectivity index (χ1v) is 7.24. The van der Waals surface area contributed by atoms with Crippen LogP contribution in [0.2, 0.25) is 5.02 Å². The zero-order valence-electron chi connectivity index (χ0n) is 10.3. The Kier molecular flexibility index (Phi) is 7.69. The lowest BCUT2D eigenvalue weighted by atomic mass is 10.4. The maximum atomic E-state index is 5.92. The SMILES string of the molecule is CCOC(CCSc1cccc(Cl)c1)OCC. The van der Waals surface area contributed by atoms with Crippen molar-refractivity contribution >= 4 is 23.4 Å². The summed E-state index contributed by atoms with van der Waals surface area (Å²) >= 11 is 7.69. The Labute approximate surface area is 113 Å². The molecule has 0 radical (unpaired) electrons. The molecule has 0 aliphatic rings. The van der Waals surface area contributed by atoms with Gasteiger partial charge < -0.3 is 9.47 Å². The molecule has 0 aromatic heterocycles. The fraction of sp³-hybridized carbons (Fsp3) is 0.538. The zero-order chi connectivity index (χ0) is 12.5. The Balaban J connectivity index is 2.30. The van der Waals surface area contributed by atoms with Crippen LogP contribution in [0.15, 0.2) is 29.2 Å². The Morgan fingerprint density at radius 1 is 1.24 bits per heavy atom. The van der Waals surface area contributed by atoms with Gasteiger partial charge in [-0.25, -0.2) is 0 Å². The molecule has 0 saturated carbocycles. The molecule has 0 bridgehead atoms. The minimum absolute atomic E-state index is 0.0864. The summed E-state index contributed by atoms with van der Waals surface area (Å²) in [5.74, 6) is 0.963. The third kappa shape index (κ3) is 6.32. The van der Waals surface area contributed by atoms with Gasteiger partial charge in [-0.1, -0.05) is 17.7 Å². The number of hydrogen-bond acceptors (Lipinski definition) is 3. The maximum Gasteiger partial charge on any atom is 0.158 e. The van der Waals surface area contributed by atoms with Gasteiger partial charge in [0.25, 0.3) is 0 Å². The van der Waals surface area contributed by atoms with Crippen molar-refractivity contribution < 1.29 is 9.47 Å². The van der Waals surface area contributed by atoms with Crippen molar-refractivity contribution in [3.63, 3.8) is 0 Å². The van der Waals surface area contributed by atoms with Crippen LogP contribution in [-0.2, 0) is 9.47 Å².